The van der Waals surface area contributed by atoms with Gasteiger partial charge in [0, 0.05) is 19.2 Å². The van der Waals surface area contributed by atoms with E-state index >= 15 is 0 Å². The number of ketones is 1. The largest absolute Gasteiger partial charge is 0.508 e. The number of rotatable bonds is 7. The van der Waals surface area contributed by atoms with Crippen LogP contribution in [0.25, 0.3) is 5.76 Å². The molecule has 7 nitrogen and oxygen atoms in total. The lowest BCUT2D eigenvalue weighted by Gasteiger charge is -2.25. The number of aromatic hydroxyl groups is 1. The van der Waals surface area contributed by atoms with Crippen molar-refractivity contribution >= 4 is 29.1 Å². The Kier molecular flexibility index (Phi) is 6.64. The standard InChI is InChI=1S/C22H22ClNO6/c1-3-30-17-9-6-14(12-16(17)23)20(26)18-19(13-4-7-15(25)8-5-13)24(10-11-29-2)22(28)21(18)27/h4-9,12,19,25-26H,3,10-11H2,1-2H3/b20-18-. The van der Waals surface area contributed by atoms with Gasteiger partial charge in [-0.1, -0.05) is 23.7 Å². The van der Waals surface area contributed by atoms with Crippen LogP contribution >= 0.6 is 11.6 Å². The highest BCUT2D eigenvalue weighted by Crippen LogP contribution is 2.40. The maximum absolute atomic E-state index is 12.8. The van der Waals surface area contributed by atoms with Gasteiger partial charge in [-0.15, -0.1) is 0 Å². The van der Waals surface area contributed by atoms with E-state index in [1.54, 1.807) is 24.3 Å². The molecule has 0 spiro atoms. The van der Waals surface area contributed by atoms with Gasteiger partial charge >= 0.3 is 0 Å². The monoisotopic (exact) mass is 431 g/mol. The van der Waals surface area contributed by atoms with Crippen LogP contribution in [0.2, 0.25) is 5.02 Å². The van der Waals surface area contributed by atoms with Crippen molar-refractivity contribution in [1.29, 1.82) is 0 Å². The maximum atomic E-state index is 12.8. The molecule has 0 aromatic heterocycles. The fraction of sp³-hybridized carbons (Fsp3) is 0.273. The summed E-state index contributed by atoms with van der Waals surface area (Å²) in [6, 6.07) is 9.94. The number of carbonyl (C=O) groups is 2. The molecule has 0 saturated carbocycles. The van der Waals surface area contributed by atoms with Crippen LogP contribution in [0.5, 0.6) is 11.5 Å². The molecule has 1 amide bonds. The third-order valence-corrected chi connectivity index (χ3v) is 5.09. The summed E-state index contributed by atoms with van der Waals surface area (Å²) in [6.45, 7) is 2.63. The molecule has 2 aromatic carbocycles. The predicted octanol–water partition coefficient (Wildman–Crippen LogP) is 3.51. The second kappa shape index (κ2) is 9.19. The second-order valence-electron chi connectivity index (χ2n) is 6.66. The molecule has 2 N–H and O–H groups in total. The highest BCUT2D eigenvalue weighted by molar-refractivity contribution is 6.46. The van der Waals surface area contributed by atoms with E-state index in [1.165, 1.54) is 30.2 Å². The van der Waals surface area contributed by atoms with Gasteiger partial charge in [0.2, 0.25) is 0 Å². The minimum Gasteiger partial charge on any atom is -0.508 e. The zero-order valence-electron chi connectivity index (χ0n) is 16.6. The lowest BCUT2D eigenvalue weighted by Crippen LogP contribution is -2.32. The van der Waals surface area contributed by atoms with Crippen LogP contribution in [-0.2, 0) is 14.3 Å². The average molecular weight is 432 g/mol. The molecule has 1 atom stereocenters. The molecule has 1 aliphatic heterocycles. The number of hydrogen-bond donors (Lipinski definition) is 2. The van der Waals surface area contributed by atoms with Crippen molar-refractivity contribution in [2.24, 2.45) is 0 Å². The van der Waals surface area contributed by atoms with Gasteiger partial charge in [-0.3, -0.25) is 9.59 Å². The number of Topliss-reactive ketones (excluding diaryl/α,β-unsaturated/α-hetero) is 1. The van der Waals surface area contributed by atoms with Crippen molar-refractivity contribution in [1.82, 2.24) is 4.90 Å². The first kappa shape index (κ1) is 21.7. The molecule has 0 radical (unpaired) electrons. The third-order valence-electron chi connectivity index (χ3n) is 4.79. The van der Waals surface area contributed by atoms with E-state index in [0.717, 1.165) is 0 Å². The summed E-state index contributed by atoms with van der Waals surface area (Å²) in [7, 11) is 1.49. The number of methoxy groups -OCH3 is 1. The van der Waals surface area contributed by atoms with Crippen molar-refractivity contribution in [2.45, 2.75) is 13.0 Å². The van der Waals surface area contributed by atoms with E-state index in [4.69, 9.17) is 21.1 Å². The van der Waals surface area contributed by atoms with Gasteiger partial charge in [-0.25, -0.2) is 0 Å². The Hall–Kier alpha value is -3.03. The number of phenols is 1. The molecule has 1 unspecified atom stereocenters. The van der Waals surface area contributed by atoms with Gasteiger partial charge in [0.1, 0.15) is 17.3 Å². The molecule has 0 aliphatic carbocycles. The number of benzene rings is 2. The molecule has 1 fully saturated rings. The molecular formula is C22H22ClNO6. The van der Waals surface area contributed by atoms with Gasteiger partial charge in [-0.2, -0.15) is 0 Å². The first-order chi connectivity index (χ1) is 14.4. The molecule has 1 heterocycles. The molecule has 3 rings (SSSR count). The SMILES string of the molecule is CCOc1ccc(/C(O)=C2/C(=O)C(=O)N(CCOC)C2c2ccc(O)cc2)cc1Cl. The van der Waals surface area contributed by atoms with E-state index in [1.807, 2.05) is 6.92 Å². The summed E-state index contributed by atoms with van der Waals surface area (Å²) in [6.07, 6.45) is 0. The van der Waals surface area contributed by atoms with Crippen LogP contribution in [0, 0.1) is 0 Å². The predicted molar refractivity (Wildman–Crippen MR) is 112 cm³/mol. The Labute approximate surface area is 179 Å². The number of halogens is 1. The number of carbonyl (C=O) groups excluding carboxylic acids is 2. The summed E-state index contributed by atoms with van der Waals surface area (Å²) in [5.41, 5.74) is 0.806. The van der Waals surface area contributed by atoms with E-state index in [2.05, 4.69) is 0 Å². The van der Waals surface area contributed by atoms with Gasteiger partial charge in [0.05, 0.1) is 29.9 Å². The molecule has 8 heteroatoms. The highest BCUT2D eigenvalue weighted by Gasteiger charge is 2.45. The summed E-state index contributed by atoms with van der Waals surface area (Å²) in [5, 5.41) is 20.9. The minimum absolute atomic E-state index is 0.0471. The Bertz CT molecular complexity index is 986. The van der Waals surface area contributed by atoms with Gasteiger partial charge in [0.25, 0.3) is 11.7 Å². The molecule has 1 aliphatic rings. The number of hydrogen-bond acceptors (Lipinski definition) is 6. The van der Waals surface area contributed by atoms with Gasteiger partial charge in [0.15, 0.2) is 0 Å². The summed E-state index contributed by atoms with van der Waals surface area (Å²) < 4.78 is 10.5. The van der Waals surface area contributed by atoms with Crippen LogP contribution in [0.3, 0.4) is 0 Å². The molecule has 30 heavy (non-hydrogen) atoms. The summed E-state index contributed by atoms with van der Waals surface area (Å²) in [4.78, 5) is 26.9. The second-order valence-corrected chi connectivity index (χ2v) is 7.06. The minimum atomic E-state index is -0.828. The van der Waals surface area contributed by atoms with Crippen LogP contribution < -0.4 is 4.74 Å². The first-order valence-electron chi connectivity index (χ1n) is 9.38. The fourth-order valence-corrected chi connectivity index (χ4v) is 3.61. The molecular weight excluding hydrogens is 410 g/mol. The number of nitrogens with zero attached hydrogens (tertiary/aromatic N) is 1. The zero-order chi connectivity index (χ0) is 21.8. The average Bonchev–Trinajstić information content (AvgIpc) is 2.98. The first-order valence-corrected chi connectivity index (χ1v) is 9.75. The summed E-state index contributed by atoms with van der Waals surface area (Å²) >= 11 is 6.23. The van der Waals surface area contributed by atoms with Gasteiger partial charge in [-0.05, 0) is 42.8 Å². The molecule has 0 bridgehead atoms. The number of aliphatic hydroxyl groups excluding tert-OH is 1. The van der Waals surface area contributed by atoms with Crippen molar-refractivity contribution in [3.8, 4) is 11.5 Å². The zero-order valence-corrected chi connectivity index (χ0v) is 17.3. The Morgan fingerprint density at radius 2 is 1.87 bits per heavy atom. The summed E-state index contributed by atoms with van der Waals surface area (Å²) in [5.74, 6) is -1.37. The van der Waals surface area contributed by atoms with E-state index < -0.39 is 17.7 Å². The quantitative estimate of drug-likeness (QED) is 0.395. The number of phenolic OH excluding ortho intramolecular Hbond substituents is 1. The Morgan fingerprint density at radius 1 is 1.17 bits per heavy atom. The Balaban J connectivity index is 2.13. The highest BCUT2D eigenvalue weighted by atomic mass is 35.5. The van der Waals surface area contributed by atoms with Crippen LogP contribution in [-0.4, -0.2) is 53.7 Å². The van der Waals surface area contributed by atoms with E-state index in [9.17, 15) is 19.8 Å². The fourth-order valence-electron chi connectivity index (χ4n) is 3.38. The number of ether oxygens (including phenoxy) is 2. The topological polar surface area (TPSA) is 96.3 Å². The van der Waals surface area contributed by atoms with Crippen LogP contribution in [0.15, 0.2) is 48.0 Å². The Morgan fingerprint density at radius 3 is 2.47 bits per heavy atom. The smallest absolute Gasteiger partial charge is 0.295 e. The molecule has 1 saturated heterocycles. The van der Waals surface area contributed by atoms with Crippen molar-refractivity contribution in [2.75, 3.05) is 26.9 Å². The number of likely N-dealkylation sites (tertiary alicyclic amines) is 1. The lowest BCUT2D eigenvalue weighted by atomic mass is 9.95. The molecule has 2 aromatic rings. The third kappa shape index (κ3) is 4.13. The van der Waals surface area contributed by atoms with Crippen LogP contribution in [0.4, 0.5) is 0 Å². The lowest BCUT2D eigenvalue weighted by molar-refractivity contribution is -0.140. The molecule has 158 valence electrons. The normalized spacial score (nSPS) is 18.1. The van der Waals surface area contributed by atoms with Crippen molar-refractivity contribution < 1.29 is 29.3 Å². The number of aliphatic hydroxyl groups is 1. The maximum Gasteiger partial charge on any atom is 0.295 e. The van der Waals surface area contributed by atoms with Crippen molar-refractivity contribution in [3.63, 3.8) is 0 Å². The van der Waals surface area contributed by atoms with Crippen LogP contribution in [0.1, 0.15) is 24.1 Å². The van der Waals surface area contributed by atoms with Crippen molar-refractivity contribution in [3.05, 3.63) is 64.2 Å². The van der Waals surface area contributed by atoms with E-state index in [0.29, 0.717) is 17.9 Å². The van der Waals surface area contributed by atoms with E-state index in [-0.39, 0.29) is 40.8 Å². The van der Waals surface area contributed by atoms with Gasteiger partial charge < -0.3 is 24.6 Å². The number of amides is 1.